The Morgan fingerprint density at radius 3 is 2.22 bits per heavy atom. The topological polar surface area (TPSA) is 3.24 Å². The molecule has 2 aliphatic rings. The third-order valence-electron chi connectivity index (χ3n) is 7.21. The van der Waals surface area contributed by atoms with E-state index in [4.69, 9.17) is 0 Å². The first kappa shape index (κ1) is 17.0. The summed E-state index contributed by atoms with van der Waals surface area (Å²) in [5, 5.41) is 0. The van der Waals surface area contributed by atoms with Crippen LogP contribution in [0.2, 0.25) is 0 Å². The van der Waals surface area contributed by atoms with Gasteiger partial charge in [-0.05, 0) is 73.5 Å². The summed E-state index contributed by atoms with van der Waals surface area (Å²) in [5.74, 6) is 3.18. The highest BCUT2D eigenvalue weighted by Gasteiger charge is 2.34. The van der Waals surface area contributed by atoms with E-state index in [1.807, 2.05) is 0 Å². The standard InChI is InChI=1S/C22H35N/c1-14-13-21-9-7-8-20(22(21)17(14)4)10-11-23-18(5)15(2)12-16(3)19(23)6/h7-9,14-19H,10-13H2,1-6H3/t14-,15-,16+,17-,18-,19+/m1/s1. The average Bonchev–Trinajstić information content (AvgIpc) is 2.81. The number of hydrogen-bond acceptors (Lipinski definition) is 1. The molecule has 1 saturated heterocycles. The van der Waals surface area contributed by atoms with Gasteiger partial charge in [0.15, 0.2) is 0 Å². The Labute approximate surface area is 143 Å². The van der Waals surface area contributed by atoms with Crippen LogP contribution >= 0.6 is 0 Å². The zero-order chi connectivity index (χ0) is 16.7. The molecule has 128 valence electrons. The highest BCUT2D eigenvalue weighted by Crippen LogP contribution is 2.40. The lowest BCUT2D eigenvalue weighted by molar-refractivity contribution is 0.0288. The Bertz CT molecular complexity index is 535. The predicted octanol–water partition coefficient (Wildman–Crippen LogP) is 5.28. The Kier molecular flexibility index (Phi) is 4.88. The average molecular weight is 314 g/mol. The van der Waals surface area contributed by atoms with Crippen molar-refractivity contribution in [2.75, 3.05) is 6.54 Å². The summed E-state index contributed by atoms with van der Waals surface area (Å²) in [6.07, 6.45) is 3.87. The number of piperidine rings is 1. The van der Waals surface area contributed by atoms with E-state index in [-0.39, 0.29) is 0 Å². The number of likely N-dealkylation sites (tertiary alicyclic amines) is 1. The zero-order valence-corrected chi connectivity index (χ0v) is 16.0. The summed E-state index contributed by atoms with van der Waals surface area (Å²) in [4.78, 5) is 2.78. The molecule has 6 atom stereocenters. The van der Waals surface area contributed by atoms with Crippen molar-refractivity contribution in [2.45, 2.75) is 78.8 Å². The van der Waals surface area contributed by atoms with Crippen LogP contribution in [0.5, 0.6) is 0 Å². The number of nitrogens with zero attached hydrogens (tertiary/aromatic N) is 1. The molecule has 1 fully saturated rings. The fraction of sp³-hybridized carbons (Fsp3) is 0.727. The second-order valence-corrected chi connectivity index (χ2v) is 8.62. The minimum absolute atomic E-state index is 0.717. The van der Waals surface area contributed by atoms with Gasteiger partial charge in [-0.1, -0.05) is 45.9 Å². The number of hydrogen-bond donors (Lipinski definition) is 0. The van der Waals surface area contributed by atoms with Gasteiger partial charge in [-0.3, -0.25) is 4.90 Å². The van der Waals surface area contributed by atoms with Crippen LogP contribution in [0.25, 0.3) is 0 Å². The van der Waals surface area contributed by atoms with Crippen LogP contribution < -0.4 is 0 Å². The molecule has 1 aromatic carbocycles. The van der Waals surface area contributed by atoms with Crippen molar-refractivity contribution in [3.8, 4) is 0 Å². The molecule has 3 rings (SSSR count). The molecule has 0 saturated carbocycles. The molecule has 1 aromatic rings. The van der Waals surface area contributed by atoms with E-state index < -0.39 is 0 Å². The van der Waals surface area contributed by atoms with Crippen molar-refractivity contribution >= 4 is 0 Å². The lowest BCUT2D eigenvalue weighted by Crippen LogP contribution is -2.52. The minimum atomic E-state index is 0.717. The van der Waals surface area contributed by atoms with Crippen LogP contribution in [0.1, 0.15) is 70.6 Å². The largest absolute Gasteiger partial charge is 0.297 e. The summed E-state index contributed by atoms with van der Waals surface area (Å²) >= 11 is 0. The fourth-order valence-electron chi connectivity index (χ4n) is 5.12. The number of benzene rings is 1. The highest BCUT2D eigenvalue weighted by molar-refractivity contribution is 5.42. The Morgan fingerprint density at radius 1 is 0.913 bits per heavy atom. The highest BCUT2D eigenvalue weighted by atomic mass is 15.2. The van der Waals surface area contributed by atoms with Gasteiger partial charge in [0.05, 0.1) is 0 Å². The lowest BCUT2D eigenvalue weighted by atomic mass is 9.81. The van der Waals surface area contributed by atoms with Gasteiger partial charge in [0.25, 0.3) is 0 Å². The van der Waals surface area contributed by atoms with E-state index in [0.29, 0.717) is 12.1 Å². The zero-order valence-electron chi connectivity index (χ0n) is 16.0. The first-order valence-electron chi connectivity index (χ1n) is 9.76. The molecule has 1 aliphatic heterocycles. The molecule has 0 bridgehead atoms. The molecule has 0 N–H and O–H groups in total. The van der Waals surface area contributed by atoms with Crippen LogP contribution in [0, 0.1) is 17.8 Å². The molecule has 23 heavy (non-hydrogen) atoms. The summed E-state index contributed by atoms with van der Waals surface area (Å²) in [5.41, 5.74) is 4.91. The molecule has 1 heteroatoms. The lowest BCUT2D eigenvalue weighted by Gasteiger charge is -2.46. The van der Waals surface area contributed by atoms with Gasteiger partial charge in [-0.2, -0.15) is 0 Å². The first-order chi connectivity index (χ1) is 10.9. The normalized spacial score (nSPS) is 37.8. The molecule has 1 heterocycles. The van der Waals surface area contributed by atoms with Gasteiger partial charge in [-0.15, -0.1) is 0 Å². The maximum absolute atomic E-state index is 2.78. The van der Waals surface area contributed by atoms with Crippen molar-refractivity contribution < 1.29 is 0 Å². The van der Waals surface area contributed by atoms with E-state index in [1.165, 1.54) is 25.8 Å². The molecule has 1 aliphatic carbocycles. The summed E-state index contributed by atoms with van der Waals surface area (Å²) < 4.78 is 0. The third kappa shape index (κ3) is 3.09. The quantitative estimate of drug-likeness (QED) is 0.734. The van der Waals surface area contributed by atoms with Crippen molar-refractivity contribution in [3.63, 3.8) is 0 Å². The van der Waals surface area contributed by atoms with Crippen LogP contribution in [0.3, 0.4) is 0 Å². The van der Waals surface area contributed by atoms with Crippen molar-refractivity contribution in [3.05, 3.63) is 34.9 Å². The van der Waals surface area contributed by atoms with Crippen molar-refractivity contribution in [2.24, 2.45) is 17.8 Å². The summed E-state index contributed by atoms with van der Waals surface area (Å²) in [6, 6.07) is 8.46. The maximum atomic E-state index is 2.78. The second kappa shape index (κ2) is 6.59. The van der Waals surface area contributed by atoms with E-state index >= 15 is 0 Å². The van der Waals surface area contributed by atoms with Gasteiger partial charge in [0, 0.05) is 18.6 Å². The number of fused-ring (bicyclic) bond motifs is 1. The van der Waals surface area contributed by atoms with Gasteiger partial charge < -0.3 is 0 Å². The smallest absolute Gasteiger partial charge is 0.00957 e. The fourth-order valence-corrected chi connectivity index (χ4v) is 5.12. The van der Waals surface area contributed by atoms with Crippen molar-refractivity contribution in [1.82, 2.24) is 4.90 Å². The van der Waals surface area contributed by atoms with Crippen LogP contribution in [0.4, 0.5) is 0 Å². The van der Waals surface area contributed by atoms with Gasteiger partial charge in [0.1, 0.15) is 0 Å². The van der Waals surface area contributed by atoms with Crippen LogP contribution in [-0.4, -0.2) is 23.5 Å². The Balaban J connectivity index is 1.75. The molecule has 0 unspecified atom stereocenters. The molecule has 1 nitrogen and oxygen atoms in total. The molecule has 0 aromatic heterocycles. The summed E-state index contributed by atoms with van der Waals surface area (Å²) in [7, 11) is 0. The van der Waals surface area contributed by atoms with E-state index in [9.17, 15) is 0 Å². The second-order valence-electron chi connectivity index (χ2n) is 8.62. The molecule has 0 amide bonds. The van der Waals surface area contributed by atoms with Crippen LogP contribution in [-0.2, 0) is 12.8 Å². The Morgan fingerprint density at radius 2 is 1.57 bits per heavy atom. The van der Waals surface area contributed by atoms with E-state index in [1.54, 1.807) is 16.7 Å². The maximum Gasteiger partial charge on any atom is 0.00957 e. The van der Waals surface area contributed by atoms with E-state index in [2.05, 4.69) is 64.6 Å². The van der Waals surface area contributed by atoms with Crippen molar-refractivity contribution in [1.29, 1.82) is 0 Å². The van der Waals surface area contributed by atoms with Gasteiger partial charge in [0.2, 0.25) is 0 Å². The monoisotopic (exact) mass is 313 g/mol. The minimum Gasteiger partial charge on any atom is -0.297 e. The molecular formula is C22H35N. The SMILES string of the molecule is C[C@@H]1C[C@H](C)[C@H](C)N(CCc2cccc3c2[C@H](C)[C@H](C)C3)[C@@H]1C. The molecular weight excluding hydrogens is 278 g/mol. The number of rotatable bonds is 3. The predicted molar refractivity (Wildman–Crippen MR) is 100 cm³/mol. The Hall–Kier alpha value is -0.820. The van der Waals surface area contributed by atoms with Gasteiger partial charge in [-0.25, -0.2) is 0 Å². The third-order valence-corrected chi connectivity index (χ3v) is 7.21. The summed E-state index contributed by atoms with van der Waals surface area (Å²) in [6.45, 7) is 15.8. The molecule has 0 spiro atoms. The molecule has 0 radical (unpaired) electrons. The van der Waals surface area contributed by atoms with Crippen LogP contribution in [0.15, 0.2) is 18.2 Å². The van der Waals surface area contributed by atoms with E-state index in [0.717, 1.165) is 23.7 Å². The first-order valence-corrected chi connectivity index (χ1v) is 9.76. The van der Waals surface area contributed by atoms with Gasteiger partial charge >= 0.3 is 0 Å².